The Kier molecular flexibility index (Phi) is 4.92. The van der Waals surface area contributed by atoms with E-state index in [0.717, 1.165) is 19.3 Å². The van der Waals surface area contributed by atoms with Crippen molar-refractivity contribution in [2.45, 2.75) is 44.3 Å². The summed E-state index contributed by atoms with van der Waals surface area (Å²) in [6.07, 6.45) is 7.36. The second-order valence-corrected chi connectivity index (χ2v) is 7.51. The topological polar surface area (TPSA) is 66.8 Å². The molecule has 0 radical (unpaired) electrons. The molecule has 138 valence electrons. The molecule has 0 spiro atoms. The molecule has 4 unspecified atom stereocenters. The van der Waals surface area contributed by atoms with E-state index < -0.39 is 6.10 Å². The predicted octanol–water partition coefficient (Wildman–Crippen LogP) is 2.39. The molecule has 1 aromatic carbocycles. The minimum atomic E-state index is -0.856. The maximum Gasteiger partial charge on any atom is 0.233 e. The first-order chi connectivity index (χ1) is 12.6. The van der Waals surface area contributed by atoms with Gasteiger partial charge in [0.25, 0.3) is 0 Å². The summed E-state index contributed by atoms with van der Waals surface area (Å²) in [6, 6.07) is 8.25. The Morgan fingerprint density at radius 1 is 1.12 bits per heavy atom. The van der Waals surface area contributed by atoms with Crippen LogP contribution in [0, 0.1) is 11.8 Å². The summed E-state index contributed by atoms with van der Waals surface area (Å²) >= 11 is 0. The van der Waals surface area contributed by atoms with Gasteiger partial charge in [-0.25, -0.2) is 0 Å². The summed E-state index contributed by atoms with van der Waals surface area (Å²) in [5.74, 6) is -0.783. The van der Waals surface area contributed by atoms with Crippen molar-refractivity contribution in [3.63, 3.8) is 0 Å². The van der Waals surface area contributed by atoms with E-state index in [9.17, 15) is 14.7 Å². The number of aliphatic hydroxyl groups is 1. The van der Waals surface area contributed by atoms with Gasteiger partial charge in [0.05, 0.1) is 37.2 Å². The molecule has 1 N–H and O–H groups in total. The molecule has 0 aromatic heterocycles. The number of benzene rings is 1. The highest BCUT2D eigenvalue weighted by atomic mass is 16.5. The third-order valence-corrected chi connectivity index (χ3v) is 5.80. The number of hydrogen-bond acceptors (Lipinski definition) is 4. The Morgan fingerprint density at radius 2 is 1.81 bits per heavy atom. The zero-order valence-electron chi connectivity index (χ0n) is 14.8. The highest BCUT2D eigenvalue weighted by Crippen LogP contribution is 2.35. The molecule has 0 bridgehead atoms. The highest BCUT2D eigenvalue weighted by Gasteiger charge is 2.47. The van der Waals surface area contributed by atoms with Gasteiger partial charge in [-0.15, -0.1) is 0 Å². The number of rotatable bonds is 5. The van der Waals surface area contributed by atoms with Crippen molar-refractivity contribution >= 4 is 11.8 Å². The third-order valence-electron chi connectivity index (χ3n) is 5.80. The molecule has 4 rings (SSSR count). The van der Waals surface area contributed by atoms with E-state index in [4.69, 9.17) is 4.74 Å². The molecule has 5 heteroatoms. The average molecular weight is 355 g/mol. The van der Waals surface area contributed by atoms with Gasteiger partial charge in [0.1, 0.15) is 0 Å². The smallest absolute Gasteiger partial charge is 0.233 e. The van der Waals surface area contributed by atoms with Crippen molar-refractivity contribution in [2.24, 2.45) is 11.8 Å². The van der Waals surface area contributed by atoms with Crippen molar-refractivity contribution in [1.29, 1.82) is 0 Å². The zero-order valence-corrected chi connectivity index (χ0v) is 14.8. The first-order valence-corrected chi connectivity index (χ1v) is 9.53. The molecular weight excluding hydrogens is 330 g/mol. The quantitative estimate of drug-likeness (QED) is 0.651. The van der Waals surface area contributed by atoms with E-state index >= 15 is 0 Å². The van der Waals surface area contributed by atoms with Crippen LogP contribution in [0.25, 0.3) is 0 Å². The molecule has 5 nitrogen and oxygen atoms in total. The molecule has 26 heavy (non-hydrogen) atoms. The number of amides is 2. The van der Waals surface area contributed by atoms with E-state index in [2.05, 4.69) is 12.1 Å². The van der Waals surface area contributed by atoms with E-state index in [1.54, 1.807) is 0 Å². The lowest BCUT2D eigenvalue weighted by Crippen LogP contribution is -2.39. The Labute approximate surface area is 153 Å². The monoisotopic (exact) mass is 355 g/mol. The largest absolute Gasteiger partial charge is 0.389 e. The zero-order chi connectivity index (χ0) is 18.1. The van der Waals surface area contributed by atoms with Gasteiger partial charge in [-0.1, -0.05) is 36.4 Å². The number of carbonyl (C=O) groups is 2. The molecule has 3 aliphatic rings. The van der Waals surface area contributed by atoms with Crippen LogP contribution in [0.5, 0.6) is 0 Å². The Hall–Kier alpha value is -1.98. The molecule has 0 saturated carbocycles. The van der Waals surface area contributed by atoms with Crippen LogP contribution in [-0.2, 0) is 20.7 Å². The summed E-state index contributed by atoms with van der Waals surface area (Å²) in [7, 11) is 0. The third kappa shape index (κ3) is 3.21. The van der Waals surface area contributed by atoms with Gasteiger partial charge in [-0.3, -0.25) is 14.5 Å². The minimum absolute atomic E-state index is 0.0219. The van der Waals surface area contributed by atoms with Gasteiger partial charge < -0.3 is 9.84 Å². The van der Waals surface area contributed by atoms with Crippen molar-refractivity contribution in [2.75, 3.05) is 13.2 Å². The lowest BCUT2D eigenvalue weighted by atomic mass is 9.85. The van der Waals surface area contributed by atoms with Gasteiger partial charge in [0.15, 0.2) is 0 Å². The van der Waals surface area contributed by atoms with Crippen LogP contribution in [0.3, 0.4) is 0 Å². The lowest BCUT2D eigenvalue weighted by Gasteiger charge is -2.27. The van der Waals surface area contributed by atoms with E-state index in [0.29, 0.717) is 12.8 Å². The highest BCUT2D eigenvalue weighted by molar-refractivity contribution is 6.05. The van der Waals surface area contributed by atoms with Crippen molar-refractivity contribution in [3.8, 4) is 0 Å². The van der Waals surface area contributed by atoms with Crippen molar-refractivity contribution in [3.05, 3.63) is 47.5 Å². The van der Waals surface area contributed by atoms with E-state index in [1.807, 2.05) is 24.3 Å². The number of aryl methyl sites for hydroxylation is 1. The first kappa shape index (κ1) is 17.4. The van der Waals surface area contributed by atoms with Crippen LogP contribution in [0.2, 0.25) is 0 Å². The fourth-order valence-electron chi connectivity index (χ4n) is 4.42. The molecule has 1 heterocycles. The second-order valence-electron chi connectivity index (χ2n) is 7.51. The van der Waals surface area contributed by atoms with E-state index in [-0.39, 0.29) is 42.9 Å². The predicted molar refractivity (Wildman–Crippen MR) is 96.2 cm³/mol. The van der Waals surface area contributed by atoms with Crippen molar-refractivity contribution < 1.29 is 19.4 Å². The fourth-order valence-corrected chi connectivity index (χ4v) is 4.42. The molecule has 1 fully saturated rings. The number of imide groups is 1. The summed E-state index contributed by atoms with van der Waals surface area (Å²) < 4.78 is 5.96. The van der Waals surface area contributed by atoms with Gasteiger partial charge >= 0.3 is 0 Å². The van der Waals surface area contributed by atoms with Crippen LogP contribution in [0.1, 0.15) is 42.9 Å². The molecule has 2 aliphatic carbocycles. The fraction of sp³-hybridized carbons (Fsp3) is 0.524. The Morgan fingerprint density at radius 3 is 2.54 bits per heavy atom. The molecule has 1 aromatic rings. The number of hydrogen-bond donors (Lipinski definition) is 1. The molecule has 2 amide bonds. The molecule has 1 aliphatic heterocycles. The van der Waals surface area contributed by atoms with Crippen LogP contribution < -0.4 is 0 Å². The lowest BCUT2D eigenvalue weighted by molar-refractivity contribution is -0.142. The number of fused-ring (bicyclic) bond motifs is 2. The maximum absolute atomic E-state index is 12.5. The number of ether oxygens (including phenoxy) is 1. The molecule has 1 saturated heterocycles. The Balaban J connectivity index is 1.34. The number of nitrogens with zero attached hydrogens (tertiary/aromatic N) is 1. The van der Waals surface area contributed by atoms with Gasteiger partial charge in [-0.2, -0.15) is 0 Å². The maximum atomic E-state index is 12.5. The summed E-state index contributed by atoms with van der Waals surface area (Å²) in [5.41, 5.74) is 2.50. The van der Waals surface area contributed by atoms with Crippen LogP contribution in [-0.4, -0.2) is 41.1 Å². The summed E-state index contributed by atoms with van der Waals surface area (Å²) in [4.78, 5) is 26.2. The molecule has 4 atom stereocenters. The standard InChI is InChI=1S/C21H25NO4/c23-15(12-22-20(24)17-9-3-4-10-18(17)21(22)25)13-26-19-11-5-7-14-6-1-2-8-16(14)19/h1-4,6,8,15,17-19,23H,5,7,9-13H2. The Bertz CT molecular complexity index is 702. The van der Waals surface area contributed by atoms with Crippen LogP contribution in [0.4, 0.5) is 0 Å². The van der Waals surface area contributed by atoms with Gasteiger partial charge in [-0.05, 0) is 43.2 Å². The second kappa shape index (κ2) is 7.33. The van der Waals surface area contributed by atoms with Gasteiger partial charge in [0.2, 0.25) is 11.8 Å². The van der Waals surface area contributed by atoms with Crippen LogP contribution >= 0.6 is 0 Å². The minimum Gasteiger partial charge on any atom is -0.389 e. The van der Waals surface area contributed by atoms with Gasteiger partial charge in [0, 0.05) is 0 Å². The number of β-amino-alcohol motifs (C(OH)–C–C–N with tert-alkyl or cyclic N) is 1. The SMILES string of the molecule is O=C1C2CC=CCC2C(=O)N1CC(O)COC1CCCc2ccccc21. The number of aliphatic hydroxyl groups excluding tert-OH is 1. The summed E-state index contributed by atoms with van der Waals surface area (Å²) in [6.45, 7) is 0.155. The first-order valence-electron chi connectivity index (χ1n) is 9.53. The molecular formula is C21H25NO4. The average Bonchev–Trinajstić information content (AvgIpc) is 2.91. The van der Waals surface area contributed by atoms with E-state index in [1.165, 1.54) is 16.0 Å². The summed E-state index contributed by atoms with van der Waals surface area (Å²) in [5, 5.41) is 10.4. The van der Waals surface area contributed by atoms with Crippen molar-refractivity contribution in [1.82, 2.24) is 4.90 Å². The normalized spacial score (nSPS) is 28.8. The van der Waals surface area contributed by atoms with Crippen LogP contribution in [0.15, 0.2) is 36.4 Å². The number of allylic oxidation sites excluding steroid dienone is 2. The number of carbonyl (C=O) groups excluding carboxylic acids is 2. The number of likely N-dealkylation sites (tertiary alicyclic amines) is 1.